The molecule has 0 saturated heterocycles. The lowest BCUT2D eigenvalue weighted by Crippen LogP contribution is -2.19. The topological polar surface area (TPSA) is 56.1 Å². The molecule has 21 heavy (non-hydrogen) atoms. The molecule has 0 radical (unpaired) electrons. The van der Waals surface area contributed by atoms with Crippen LogP contribution in [0.15, 0.2) is 47.4 Å². The molecule has 1 aromatic heterocycles. The van der Waals surface area contributed by atoms with Crippen LogP contribution in [0.2, 0.25) is 0 Å². The Labute approximate surface area is 138 Å². The van der Waals surface area contributed by atoms with E-state index in [0.717, 1.165) is 0 Å². The lowest BCUT2D eigenvalue weighted by molar-refractivity contribution is 0.101. The molecule has 2 aromatic rings. The zero-order valence-corrected chi connectivity index (χ0v) is 14.1. The highest BCUT2D eigenvalue weighted by molar-refractivity contribution is 9.09. The molecule has 0 spiro atoms. The summed E-state index contributed by atoms with van der Waals surface area (Å²) < 4.78 is 1.42. The van der Waals surface area contributed by atoms with E-state index in [1.807, 2.05) is 0 Å². The second-order valence-corrected chi connectivity index (χ2v) is 5.41. The maximum atomic E-state index is 12.1. The summed E-state index contributed by atoms with van der Waals surface area (Å²) in [6.07, 6.45) is 1.56. The number of hydrogen-bond donors (Lipinski definition) is 0. The van der Waals surface area contributed by atoms with Crippen LogP contribution in [0.25, 0.3) is 5.69 Å². The Morgan fingerprint density at radius 2 is 1.48 bits per heavy atom. The van der Waals surface area contributed by atoms with Gasteiger partial charge in [0.15, 0.2) is 11.6 Å². The molecule has 2 rings (SSSR count). The number of pyridine rings is 1. The Hall–Kier alpha value is -1.53. The molecule has 0 amide bonds. The molecule has 0 saturated carbocycles. The van der Waals surface area contributed by atoms with Gasteiger partial charge in [0.05, 0.1) is 10.7 Å². The van der Waals surface area contributed by atoms with Gasteiger partial charge in [-0.25, -0.2) is 0 Å². The van der Waals surface area contributed by atoms with Crippen molar-refractivity contribution in [2.75, 3.05) is 10.7 Å². The number of carbonyl (C=O) groups is 2. The molecule has 0 atom stereocenters. The van der Waals surface area contributed by atoms with Crippen LogP contribution in [0.1, 0.15) is 20.7 Å². The molecule has 0 aliphatic carbocycles. The number of rotatable bonds is 5. The number of alkyl halides is 2. The second kappa shape index (κ2) is 6.95. The first-order valence-corrected chi connectivity index (χ1v) is 8.32. The molecule has 1 aromatic carbocycles. The maximum absolute atomic E-state index is 12.1. The van der Waals surface area contributed by atoms with Crippen molar-refractivity contribution in [1.82, 2.24) is 4.57 Å². The third-order valence-corrected chi connectivity index (χ3v) is 3.97. The molecule has 1 heterocycles. The molecule has 0 aliphatic heterocycles. The van der Waals surface area contributed by atoms with Gasteiger partial charge in [0.2, 0.25) is 0 Å². The van der Waals surface area contributed by atoms with Gasteiger partial charge in [-0.3, -0.25) is 19.0 Å². The Morgan fingerprint density at radius 1 is 0.905 bits per heavy atom. The SMILES string of the molecule is O=C(CBr)c1ccc(-n2ccc(C(=O)CBr)cc2=O)cc1. The summed E-state index contributed by atoms with van der Waals surface area (Å²) >= 11 is 6.19. The summed E-state index contributed by atoms with van der Waals surface area (Å²) in [5.74, 6) is -0.162. The van der Waals surface area contributed by atoms with Crippen LogP contribution in [0.5, 0.6) is 0 Å². The second-order valence-electron chi connectivity index (χ2n) is 4.28. The van der Waals surface area contributed by atoms with E-state index in [0.29, 0.717) is 16.8 Å². The zero-order chi connectivity index (χ0) is 15.4. The zero-order valence-electron chi connectivity index (χ0n) is 10.9. The number of carbonyl (C=O) groups excluding carboxylic acids is 2. The van der Waals surface area contributed by atoms with Crippen LogP contribution < -0.4 is 5.56 Å². The van der Waals surface area contributed by atoms with Crippen molar-refractivity contribution in [3.63, 3.8) is 0 Å². The fourth-order valence-corrected chi connectivity index (χ4v) is 2.48. The minimum Gasteiger partial charge on any atom is -0.293 e. The minimum atomic E-state index is -0.290. The molecule has 0 bridgehead atoms. The average Bonchev–Trinajstić information content (AvgIpc) is 2.53. The highest BCUT2D eigenvalue weighted by Gasteiger charge is 2.08. The normalized spacial score (nSPS) is 10.4. The van der Waals surface area contributed by atoms with Gasteiger partial charge < -0.3 is 0 Å². The highest BCUT2D eigenvalue weighted by Crippen LogP contribution is 2.10. The first kappa shape index (κ1) is 15.9. The molecule has 0 unspecified atom stereocenters. The Bertz CT molecular complexity index is 735. The van der Waals surface area contributed by atoms with E-state index in [4.69, 9.17) is 0 Å². The van der Waals surface area contributed by atoms with Gasteiger partial charge in [-0.2, -0.15) is 0 Å². The quantitative estimate of drug-likeness (QED) is 0.560. The number of halogens is 2. The van der Waals surface area contributed by atoms with Gasteiger partial charge in [0, 0.05) is 29.1 Å². The van der Waals surface area contributed by atoms with E-state index in [-0.39, 0.29) is 27.8 Å². The molecular weight excluding hydrogens is 402 g/mol. The summed E-state index contributed by atoms with van der Waals surface area (Å²) in [6.45, 7) is 0. The van der Waals surface area contributed by atoms with Crippen LogP contribution >= 0.6 is 31.9 Å². The Morgan fingerprint density at radius 3 is 2.00 bits per heavy atom. The van der Waals surface area contributed by atoms with Crippen LogP contribution in [0, 0.1) is 0 Å². The summed E-state index contributed by atoms with van der Waals surface area (Å²) in [6, 6.07) is 9.64. The summed E-state index contributed by atoms with van der Waals surface area (Å²) in [5, 5.41) is 0.440. The van der Waals surface area contributed by atoms with Crippen molar-refractivity contribution >= 4 is 43.4 Å². The first-order valence-electron chi connectivity index (χ1n) is 6.08. The molecule has 4 nitrogen and oxygen atoms in total. The molecule has 108 valence electrons. The summed E-state index contributed by atoms with van der Waals surface area (Å²) in [7, 11) is 0. The number of ketones is 2. The predicted octanol–water partition coefficient (Wildman–Crippen LogP) is 2.99. The fourth-order valence-electron chi connectivity index (χ4n) is 1.83. The van der Waals surface area contributed by atoms with Gasteiger partial charge in [-0.1, -0.05) is 31.9 Å². The fraction of sp³-hybridized carbons (Fsp3) is 0.133. The van der Waals surface area contributed by atoms with Gasteiger partial charge in [0.1, 0.15) is 0 Å². The van der Waals surface area contributed by atoms with Crippen LogP contribution in [0.3, 0.4) is 0 Å². The van der Waals surface area contributed by atoms with Crippen molar-refractivity contribution in [2.24, 2.45) is 0 Å². The van der Waals surface area contributed by atoms with Crippen molar-refractivity contribution in [2.45, 2.75) is 0 Å². The standard InChI is InChI=1S/C15H11Br2NO3/c16-8-13(19)10-1-3-12(4-2-10)18-6-5-11(7-15(18)21)14(20)9-17/h1-7H,8-9H2. The molecule has 0 aliphatic rings. The highest BCUT2D eigenvalue weighted by atomic mass is 79.9. The van der Waals surface area contributed by atoms with E-state index >= 15 is 0 Å². The number of aromatic nitrogens is 1. The molecular formula is C15H11Br2NO3. The third kappa shape index (κ3) is 3.57. The molecule has 0 N–H and O–H groups in total. The van der Waals surface area contributed by atoms with E-state index in [9.17, 15) is 14.4 Å². The molecule has 0 fully saturated rings. The number of nitrogens with zero attached hydrogens (tertiary/aromatic N) is 1. The molecule has 6 heteroatoms. The number of hydrogen-bond acceptors (Lipinski definition) is 3. The summed E-state index contributed by atoms with van der Waals surface area (Å²) in [5.41, 5.74) is 1.30. The van der Waals surface area contributed by atoms with E-state index in [1.54, 1.807) is 36.5 Å². The largest absolute Gasteiger partial charge is 0.293 e. The average molecular weight is 413 g/mol. The monoisotopic (exact) mass is 411 g/mol. The Balaban J connectivity index is 2.36. The lowest BCUT2D eigenvalue weighted by atomic mass is 10.1. The van der Waals surface area contributed by atoms with E-state index < -0.39 is 0 Å². The number of Topliss-reactive ketones (excluding diaryl/α,β-unsaturated/α-hetero) is 2. The van der Waals surface area contributed by atoms with Gasteiger partial charge in [0.25, 0.3) is 5.56 Å². The smallest absolute Gasteiger partial charge is 0.255 e. The van der Waals surface area contributed by atoms with Crippen LogP contribution in [-0.2, 0) is 0 Å². The van der Waals surface area contributed by atoms with Crippen LogP contribution in [-0.4, -0.2) is 26.8 Å². The first-order chi connectivity index (χ1) is 10.1. The minimum absolute atomic E-state index is 0.0211. The van der Waals surface area contributed by atoms with Crippen LogP contribution in [0.4, 0.5) is 0 Å². The lowest BCUT2D eigenvalue weighted by Gasteiger charge is -2.07. The van der Waals surface area contributed by atoms with Gasteiger partial charge >= 0.3 is 0 Å². The van der Waals surface area contributed by atoms with Crippen molar-refractivity contribution in [3.05, 3.63) is 64.1 Å². The predicted molar refractivity (Wildman–Crippen MR) is 88.3 cm³/mol. The maximum Gasteiger partial charge on any atom is 0.255 e. The van der Waals surface area contributed by atoms with E-state index in [1.165, 1.54) is 10.6 Å². The summed E-state index contributed by atoms with van der Waals surface area (Å²) in [4.78, 5) is 35.1. The number of benzene rings is 1. The van der Waals surface area contributed by atoms with Gasteiger partial charge in [-0.15, -0.1) is 0 Å². The van der Waals surface area contributed by atoms with E-state index in [2.05, 4.69) is 31.9 Å². The van der Waals surface area contributed by atoms with Gasteiger partial charge in [-0.05, 0) is 30.3 Å². The Kier molecular flexibility index (Phi) is 5.25. The van der Waals surface area contributed by atoms with Crippen molar-refractivity contribution in [1.29, 1.82) is 0 Å². The van der Waals surface area contributed by atoms with Crippen molar-refractivity contribution in [3.8, 4) is 5.69 Å². The third-order valence-electron chi connectivity index (χ3n) is 2.95. The van der Waals surface area contributed by atoms with Crippen molar-refractivity contribution < 1.29 is 9.59 Å².